The Balaban J connectivity index is 1.35. The first-order valence-corrected chi connectivity index (χ1v) is 13.8. The highest BCUT2D eigenvalue weighted by Gasteiger charge is 2.44. The van der Waals surface area contributed by atoms with Crippen LogP contribution >= 0.6 is 0 Å². The Bertz CT molecular complexity index is 952. The highest BCUT2D eigenvalue weighted by molar-refractivity contribution is 7.89. The number of alkyl halides is 3. The number of carbonyl (C=O) groups excluding carboxylic acids is 1. The van der Waals surface area contributed by atoms with Crippen molar-refractivity contribution in [3.05, 3.63) is 29.8 Å². The van der Waals surface area contributed by atoms with Gasteiger partial charge in [0.15, 0.2) is 0 Å². The van der Waals surface area contributed by atoms with Gasteiger partial charge in [0.25, 0.3) is 0 Å². The molecule has 2 saturated carbocycles. The zero-order valence-electron chi connectivity index (χ0n) is 19.4. The average Bonchev–Trinajstić information content (AvgIpc) is 3.64. The average molecular weight is 502 g/mol. The molecule has 34 heavy (non-hydrogen) atoms. The molecule has 190 valence electrons. The van der Waals surface area contributed by atoms with Gasteiger partial charge in [-0.2, -0.15) is 17.5 Å². The van der Waals surface area contributed by atoms with Crippen molar-refractivity contribution in [2.75, 3.05) is 19.6 Å². The van der Waals surface area contributed by atoms with E-state index < -0.39 is 21.8 Å². The Labute approximate surface area is 199 Å². The number of benzene rings is 1. The van der Waals surface area contributed by atoms with Crippen LogP contribution in [0.1, 0.15) is 69.8 Å². The van der Waals surface area contributed by atoms with Crippen LogP contribution in [0, 0.1) is 0 Å². The maximum Gasteiger partial charge on any atom is 0.416 e. The molecule has 3 fully saturated rings. The SMILES string of the molecule is O=C(CCNC1CCCCC1)N1CCC(N(C2CC2)S(=O)(=O)c2cccc(C(F)(F)F)c2)CC1. The van der Waals surface area contributed by atoms with Crippen molar-refractivity contribution in [3.63, 3.8) is 0 Å². The van der Waals surface area contributed by atoms with E-state index >= 15 is 0 Å². The molecule has 0 spiro atoms. The summed E-state index contributed by atoms with van der Waals surface area (Å²) in [4.78, 5) is 14.1. The first-order valence-electron chi connectivity index (χ1n) is 12.4. The Hall–Kier alpha value is -1.65. The molecule has 0 radical (unpaired) electrons. The van der Waals surface area contributed by atoms with Crippen LogP contribution in [0.4, 0.5) is 13.2 Å². The molecule has 6 nitrogen and oxygen atoms in total. The second-order valence-electron chi connectivity index (χ2n) is 9.74. The summed E-state index contributed by atoms with van der Waals surface area (Å²) < 4.78 is 67.6. The zero-order valence-corrected chi connectivity index (χ0v) is 20.2. The minimum absolute atomic E-state index is 0.0699. The Morgan fingerprint density at radius 2 is 1.65 bits per heavy atom. The molecular formula is C24H34F3N3O3S. The lowest BCUT2D eigenvalue weighted by Crippen LogP contribution is -2.50. The van der Waals surface area contributed by atoms with Crippen LogP contribution in [-0.4, -0.2) is 61.3 Å². The van der Waals surface area contributed by atoms with E-state index in [1.165, 1.54) is 29.6 Å². The van der Waals surface area contributed by atoms with E-state index in [-0.39, 0.29) is 22.9 Å². The third-order valence-corrected chi connectivity index (χ3v) is 9.20. The maximum atomic E-state index is 13.4. The number of piperidine rings is 1. The molecule has 1 amide bonds. The van der Waals surface area contributed by atoms with Gasteiger partial charge in [-0.15, -0.1) is 0 Å². The molecule has 2 aliphatic carbocycles. The number of halogens is 3. The van der Waals surface area contributed by atoms with Gasteiger partial charge in [0.1, 0.15) is 0 Å². The van der Waals surface area contributed by atoms with E-state index in [4.69, 9.17) is 0 Å². The summed E-state index contributed by atoms with van der Waals surface area (Å²) >= 11 is 0. The summed E-state index contributed by atoms with van der Waals surface area (Å²) in [5.41, 5.74) is -0.966. The maximum absolute atomic E-state index is 13.4. The van der Waals surface area contributed by atoms with Crippen molar-refractivity contribution in [2.45, 2.75) is 93.4 Å². The van der Waals surface area contributed by atoms with E-state index in [9.17, 15) is 26.4 Å². The zero-order chi connectivity index (χ0) is 24.3. The van der Waals surface area contributed by atoms with Crippen LogP contribution in [0.2, 0.25) is 0 Å². The minimum atomic E-state index is -4.60. The predicted octanol–water partition coefficient (Wildman–Crippen LogP) is 4.16. The van der Waals surface area contributed by atoms with Crippen molar-refractivity contribution in [2.24, 2.45) is 0 Å². The lowest BCUT2D eigenvalue weighted by molar-refractivity contribution is -0.137. The van der Waals surface area contributed by atoms with E-state index in [0.717, 1.165) is 31.0 Å². The van der Waals surface area contributed by atoms with Gasteiger partial charge in [0.05, 0.1) is 10.5 Å². The lowest BCUT2D eigenvalue weighted by atomic mass is 9.95. The fourth-order valence-electron chi connectivity index (χ4n) is 5.19. The lowest BCUT2D eigenvalue weighted by Gasteiger charge is -2.38. The standard InChI is InChI=1S/C24H34F3N3O3S/c25-24(26,27)18-5-4-8-22(17-18)34(32,33)30(20-9-10-20)21-12-15-29(16-13-21)23(31)11-14-28-19-6-2-1-3-7-19/h4-5,8,17,19-21,28H,1-3,6-7,9-16H2. The number of nitrogens with zero attached hydrogens (tertiary/aromatic N) is 2. The summed E-state index contributed by atoms with van der Waals surface area (Å²) in [5, 5.41) is 3.48. The summed E-state index contributed by atoms with van der Waals surface area (Å²) in [6.07, 6.45) is 4.33. The van der Waals surface area contributed by atoms with Crippen LogP contribution < -0.4 is 5.32 Å². The van der Waals surface area contributed by atoms with Crippen molar-refractivity contribution < 1.29 is 26.4 Å². The molecule has 1 aromatic rings. The fraction of sp³-hybridized carbons (Fsp3) is 0.708. The number of hydrogen-bond donors (Lipinski definition) is 1. The Morgan fingerprint density at radius 1 is 1.00 bits per heavy atom. The Morgan fingerprint density at radius 3 is 2.26 bits per heavy atom. The van der Waals surface area contributed by atoms with Crippen LogP contribution in [0.3, 0.4) is 0 Å². The quantitative estimate of drug-likeness (QED) is 0.581. The fourth-order valence-corrected chi connectivity index (χ4v) is 7.17. The highest BCUT2D eigenvalue weighted by atomic mass is 32.2. The molecule has 0 aromatic heterocycles. The largest absolute Gasteiger partial charge is 0.416 e. The molecule has 1 heterocycles. The summed E-state index contributed by atoms with van der Waals surface area (Å²) in [6.45, 7) is 1.59. The second kappa shape index (κ2) is 10.5. The predicted molar refractivity (Wildman–Crippen MR) is 123 cm³/mol. The van der Waals surface area contributed by atoms with Crippen molar-refractivity contribution >= 4 is 15.9 Å². The summed E-state index contributed by atoms with van der Waals surface area (Å²) in [6, 6.07) is 4.00. The molecule has 0 bridgehead atoms. The first kappa shape index (κ1) is 25.4. The number of nitrogens with one attached hydrogen (secondary N) is 1. The van der Waals surface area contributed by atoms with Gasteiger partial charge in [-0.3, -0.25) is 4.79 Å². The number of amides is 1. The van der Waals surface area contributed by atoms with Crippen LogP contribution in [0.15, 0.2) is 29.2 Å². The van der Waals surface area contributed by atoms with E-state index in [1.807, 2.05) is 0 Å². The second-order valence-corrected chi connectivity index (χ2v) is 11.6. The van der Waals surface area contributed by atoms with Crippen molar-refractivity contribution in [1.82, 2.24) is 14.5 Å². The number of rotatable bonds is 8. The summed E-state index contributed by atoms with van der Waals surface area (Å²) in [7, 11) is -4.06. The van der Waals surface area contributed by atoms with Crippen LogP contribution in [0.5, 0.6) is 0 Å². The van der Waals surface area contributed by atoms with E-state index in [1.54, 1.807) is 4.90 Å². The normalized spacial score (nSPS) is 21.2. The topological polar surface area (TPSA) is 69.7 Å². The number of carbonyl (C=O) groups is 1. The molecule has 1 N–H and O–H groups in total. The molecule has 0 unspecified atom stereocenters. The molecule has 4 rings (SSSR count). The van der Waals surface area contributed by atoms with Crippen molar-refractivity contribution in [3.8, 4) is 0 Å². The van der Waals surface area contributed by atoms with Gasteiger partial charge in [0.2, 0.25) is 15.9 Å². The van der Waals surface area contributed by atoms with Gasteiger partial charge >= 0.3 is 6.18 Å². The van der Waals surface area contributed by atoms with E-state index in [0.29, 0.717) is 57.8 Å². The van der Waals surface area contributed by atoms with Gasteiger partial charge in [-0.25, -0.2) is 8.42 Å². The first-order chi connectivity index (χ1) is 16.2. The molecule has 0 atom stereocenters. The van der Waals surface area contributed by atoms with Gasteiger partial charge in [-0.1, -0.05) is 25.3 Å². The molecule has 3 aliphatic rings. The number of sulfonamides is 1. The van der Waals surface area contributed by atoms with E-state index in [2.05, 4.69) is 5.32 Å². The highest BCUT2D eigenvalue weighted by Crippen LogP contribution is 2.38. The van der Waals surface area contributed by atoms with Gasteiger partial charge in [0, 0.05) is 44.2 Å². The molecule has 10 heteroatoms. The molecule has 1 saturated heterocycles. The van der Waals surface area contributed by atoms with Gasteiger partial charge < -0.3 is 10.2 Å². The minimum Gasteiger partial charge on any atom is -0.343 e. The molecule has 1 aliphatic heterocycles. The van der Waals surface area contributed by atoms with Gasteiger partial charge in [-0.05, 0) is 56.7 Å². The van der Waals surface area contributed by atoms with Crippen molar-refractivity contribution in [1.29, 1.82) is 0 Å². The summed E-state index contributed by atoms with van der Waals surface area (Å²) in [5.74, 6) is 0.0699. The Kier molecular flexibility index (Phi) is 7.89. The molecular weight excluding hydrogens is 467 g/mol. The number of hydrogen-bond acceptors (Lipinski definition) is 4. The molecule has 1 aromatic carbocycles. The monoisotopic (exact) mass is 501 g/mol. The third kappa shape index (κ3) is 6.12. The third-order valence-electron chi connectivity index (χ3n) is 7.20. The number of likely N-dealkylation sites (tertiary alicyclic amines) is 1. The smallest absolute Gasteiger partial charge is 0.343 e. The van der Waals surface area contributed by atoms with Crippen LogP contribution in [-0.2, 0) is 21.0 Å². The van der Waals surface area contributed by atoms with Crippen LogP contribution in [0.25, 0.3) is 0 Å².